The summed E-state index contributed by atoms with van der Waals surface area (Å²) >= 11 is 0. The van der Waals surface area contributed by atoms with Crippen LogP contribution in [0, 0.1) is 0 Å². The minimum absolute atomic E-state index is 0.0416. The van der Waals surface area contributed by atoms with Crippen molar-refractivity contribution in [2.45, 2.75) is 18.9 Å². The second-order valence-corrected chi connectivity index (χ2v) is 3.01. The van der Waals surface area contributed by atoms with Crippen molar-refractivity contribution < 1.29 is 10.2 Å². The van der Waals surface area contributed by atoms with Gasteiger partial charge < -0.3 is 15.5 Å². The van der Waals surface area contributed by atoms with Gasteiger partial charge in [-0.05, 0) is 24.6 Å². The summed E-state index contributed by atoms with van der Waals surface area (Å²) in [6, 6.07) is 0.269. The van der Waals surface area contributed by atoms with Crippen molar-refractivity contribution in [3.05, 3.63) is 23.2 Å². The van der Waals surface area contributed by atoms with E-state index in [0.717, 1.165) is 13.0 Å². The molecule has 0 bridgehead atoms. The Kier molecular flexibility index (Phi) is 1.39. The second kappa shape index (κ2) is 2.27. The van der Waals surface area contributed by atoms with Crippen molar-refractivity contribution >= 4 is 0 Å². The Hall–Kier alpha value is -0.960. The number of aliphatic hydroxyl groups excluding tert-OH is 2. The first-order valence-corrected chi connectivity index (χ1v) is 3.82. The molecule has 0 saturated carbocycles. The molecule has 0 aromatic rings. The van der Waals surface area contributed by atoms with Crippen LogP contribution < -0.4 is 5.32 Å². The van der Waals surface area contributed by atoms with Gasteiger partial charge in [0.15, 0.2) is 5.76 Å². The molecule has 1 unspecified atom stereocenters. The first kappa shape index (κ1) is 6.73. The zero-order valence-corrected chi connectivity index (χ0v) is 6.17. The highest BCUT2D eigenvalue weighted by atomic mass is 16.3. The lowest BCUT2D eigenvalue weighted by molar-refractivity contribution is 0.308. The molecule has 0 aromatic heterocycles. The van der Waals surface area contributed by atoms with Crippen LogP contribution in [0.5, 0.6) is 0 Å². The highest BCUT2D eigenvalue weighted by Crippen LogP contribution is 2.26. The Bertz CT molecular complexity index is 242. The molecule has 1 saturated heterocycles. The molecule has 60 valence electrons. The van der Waals surface area contributed by atoms with Crippen LogP contribution >= 0.6 is 0 Å². The first-order valence-electron chi connectivity index (χ1n) is 3.82. The van der Waals surface area contributed by atoms with Crippen molar-refractivity contribution in [2.75, 3.05) is 6.54 Å². The Morgan fingerprint density at radius 1 is 1.45 bits per heavy atom. The predicted molar refractivity (Wildman–Crippen MR) is 41.4 cm³/mol. The second-order valence-electron chi connectivity index (χ2n) is 3.01. The average molecular weight is 153 g/mol. The van der Waals surface area contributed by atoms with Crippen molar-refractivity contribution in [1.29, 1.82) is 0 Å². The van der Waals surface area contributed by atoms with Gasteiger partial charge in [-0.2, -0.15) is 0 Å². The van der Waals surface area contributed by atoms with Crippen LogP contribution in [0.2, 0.25) is 0 Å². The van der Waals surface area contributed by atoms with Gasteiger partial charge in [0.05, 0.1) is 0 Å². The quantitative estimate of drug-likeness (QED) is 0.486. The van der Waals surface area contributed by atoms with Crippen LogP contribution in [0.4, 0.5) is 0 Å². The van der Waals surface area contributed by atoms with Gasteiger partial charge in [0.25, 0.3) is 0 Å². The molecule has 1 aliphatic heterocycles. The molecule has 3 N–H and O–H groups in total. The number of fused-ring (bicyclic) bond motifs is 1. The van der Waals surface area contributed by atoms with Crippen molar-refractivity contribution in [3.63, 3.8) is 0 Å². The monoisotopic (exact) mass is 153 g/mol. The van der Waals surface area contributed by atoms with Gasteiger partial charge in [-0.1, -0.05) is 0 Å². The Morgan fingerprint density at radius 2 is 2.27 bits per heavy atom. The lowest BCUT2D eigenvalue weighted by Crippen LogP contribution is -2.25. The maximum atomic E-state index is 9.17. The fourth-order valence-corrected chi connectivity index (χ4v) is 1.63. The summed E-state index contributed by atoms with van der Waals surface area (Å²) in [7, 11) is 0. The summed E-state index contributed by atoms with van der Waals surface area (Å²) in [4.78, 5) is 0. The van der Waals surface area contributed by atoms with Crippen LogP contribution in [0.1, 0.15) is 12.8 Å². The molecule has 11 heavy (non-hydrogen) atoms. The standard InChI is InChI=1S/C8H11NO2/c10-7-3-5-1-2-9-6(5)4-8(7)11/h3,6,9-11H,1-2,4H2. The third-order valence-corrected chi connectivity index (χ3v) is 2.27. The van der Waals surface area contributed by atoms with E-state index in [4.69, 9.17) is 10.2 Å². The molecule has 2 aliphatic rings. The molecular formula is C8H11NO2. The lowest BCUT2D eigenvalue weighted by atomic mass is 9.98. The molecule has 2 rings (SSSR count). The van der Waals surface area contributed by atoms with Crippen LogP contribution in [0.25, 0.3) is 0 Å². The Labute approximate surface area is 65.0 Å². The van der Waals surface area contributed by atoms with Gasteiger partial charge >= 0.3 is 0 Å². The zero-order chi connectivity index (χ0) is 7.84. The number of hydrogen-bond donors (Lipinski definition) is 3. The number of nitrogens with one attached hydrogen (secondary N) is 1. The molecule has 1 fully saturated rings. The van der Waals surface area contributed by atoms with Crippen LogP contribution in [-0.4, -0.2) is 22.8 Å². The largest absolute Gasteiger partial charge is 0.508 e. The molecule has 0 aromatic carbocycles. The van der Waals surface area contributed by atoms with Gasteiger partial charge in [0.2, 0.25) is 0 Å². The minimum Gasteiger partial charge on any atom is -0.508 e. The molecule has 3 heteroatoms. The Morgan fingerprint density at radius 3 is 3.09 bits per heavy atom. The van der Waals surface area contributed by atoms with Gasteiger partial charge in [-0.3, -0.25) is 0 Å². The van der Waals surface area contributed by atoms with Crippen molar-refractivity contribution in [1.82, 2.24) is 5.32 Å². The fourth-order valence-electron chi connectivity index (χ4n) is 1.63. The molecule has 0 radical (unpaired) electrons. The highest BCUT2D eigenvalue weighted by Gasteiger charge is 2.26. The van der Waals surface area contributed by atoms with E-state index in [1.165, 1.54) is 5.57 Å². The third kappa shape index (κ3) is 1.01. The van der Waals surface area contributed by atoms with Crippen molar-refractivity contribution in [3.8, 4) is 0 Å². The van der Waals surface area contributed by atoms with E-state index in [1.807, 2.05) is 0 Å². The van der Waals surface area contributed by atoms with Crippen LogP contribution in [0.15, 0.2) is 23.2 Å². The number of aliphatic hydroxyl groups is 2. The SMILES string of the molecule is OC1=C(O)CC2NCCC2=C1. The lowest BCUT2D eigenvalue weighted by Gasteiger charge is -2.16. The van der Waals surface area contributed by atoms with Crippen molar-refractivity contribution in [2.24, 2.45) is 0 Å². The molecule has 1 heterocycles. The molecular weight excluding hydrogens is 142 g/mol. The fraction of sp³-hybridized carbons (Fsp3) is 0.500. The molecule has 1 atom stereocenters. The van der Waals surface area contributed by atoms with E-state index in [2.05, 4.69) is 5.32 Å². The van der Waals surface area contributed by atoms with E-state index in [9.17, 15) is 0 Å². The smallest absolute Gasteiger partial charge is 0.153 e. The Balaban J connectivity index is 2.29. The zero-order valence-electron chi connectivity index (χ0n) is 6.17. The van der Waals surface area contributed by atoms with Gasteiger partial charge in [-0.25, -0.2) is 0 Å². The molecule has 1 aliphatic carbocycles. The normalized spacial score (nSPS) is 30.2. The van der Waals surface area contributed by atoms with E-state index in [0.29, 0.717) is 6.42 Å². The summed E-state index contributed by atoms with van der Waals surface area (Å²) < 4.78 is 0. The van der Waals surface area contributed by atoms with E-state index in [-0.39, 0.29) is 17.6 Å². The molecule has 0 amide bonds. The predicted octanol–water partition coefficient (Wildman–Crippen LogP) is 1.01. The summed E-state index contributed by atoms with van der Waals surface area (Å²) in [5.74, 6) is 0.146. The summed E-state index contributed by atoms with van der Waals surface area (Å²) in [6.07, 6.45) is 3.20. The highest BCUT2D eigenvalue weighted by molar-refractivity contribution is 5.32. The number of rotatable bonds is 0. The number of allylic oxidation sites excluding steroid dienone is 1. The molecule has 3 nitrogen and oxygen atoms in total. The molecule has 0 spiro atoms. The van der Waals surface area contributed by atoms with E-state index in [1.54, 1.807) is 6.08 Å². The van der Waals surface area contributed by atoms with Gasteiger partial charge in [0.1, 0.15) is 5.76 Å². The maximum Gasteiger partial charge on any atom is 0.153 e. The van der Waals surface area contributed by atoms with Crippen LogP contribution in [-0.2, 0) is 0 Å². The summed E-state index contributed by atoms with van der Waals surface area (Å²) in [6.45, 7) is 0.955. The summed E-state index contributed by atoms with van der Waals surface area (Å²) in [5.41, 5.74) is 1.21. The topological polar surface area (TPSA) is 52.5 Å². The third-order valence-electron chi connectivity index (χ3n) is 2.27. The van der Waals surface area contributed by atoms with Crippen LogP contribution in [0.3, 0.4) is 0 Å². The maximum absolute atomic E-state index is 9.17. The van der Waals surface area contributed by atoms with E-state index < -0.39 is 0 Å². The number of hydrogen-bond acceptors (Lipinski definition) is 3. The van der Waals surface area contributed by atoms with Gasteiger partial charge in [0, 0.05) is 12.5 Å². The first-order chi connectivity index (χ1) is 5.27. The minimum atomic E-state index is 0.0416. The van der Waals surface area contributed by atoms with E-state index >= 15 is 0 Å². The van der Waals surface area contributed by atoms with Gasteiger partial charge in [-0.15, -0.1) is 0 Å². The summed E-state index contributed by atoms with van der Waals surface area (Å²) in [5, 5.41) is 21.6. The average Bonchev–Trinajstić information content (AvgIpc) is 2.36.